The monoisotopic (exact) mass is 464 g/mol. The molecule has 8 heteroatoms. The molecule has 33 heavy (non-hydrogen) atoms. The van der Waals surface area contributed by atoms with E-state index in [4.69, 9.17) is 9.84 Å². The van der Waals surface area contributed by atoms with Crippen LogP contribution in [0.5, 0.6) is 5.75 Å². The fourth-order valence-electron chi connectivity index (χ4n) is 2.95. The number of rotatable bonds is 10. The van der Waals surface area contributed by atoms with Crippen LogP contribution >= 0.6 is 11.8 Å². The van der Waals surface area contributed by atoms with Gasteiger partial charge in [0.15, 0.2) is 6.61 Å². The third kappa shape index (κ3) is 7.40. The van der Waals surface area contributed by atoms with E-state index in [1.54, 1.807) is 42.5 Å². The first-order valence-corrected chi connectivity index (χ1v) is 11.2. The van der Waals surface area contributed by atoms with Crippen LogP contribution in [-0.4, -0.2) is 34.7 Å². The van der Waals surface area contributed by atoms with Gasteiger partial charge in [-0.15, -0.1) is 11.8 Å². The van der Waals surface area contributed by atoms with Crippen molar-refractivity contribution >= 4 is 40.9 Å². The summed E-state index contributed by atoms with van der Waals surface area (Å²) in [6, 6.07) is 22.4. The number of amides is 2. The molecule has 0 spiro atoms. The lowest BCUT2D eigenvalue weighted by molar-refractivity contribution is -0.118. The Bertz CT molecular complexity index is 1120. The van der Waals surface area contributed by atoms with Gasteiger partial charge >= 0.3 is 5.97 Å². The van der Waals surface area contributed by atoms with E-state index in [2.05, 4.69) is 10.6 Å². The van der Waals surface area contributed by atoms with Gasteiger partial charge < -0.3 is 20.5 Å². The molecule has 0 aliphatic rings. The highest BCUT2D eigenvalue weighted by atomic mass is 32.2. The molecular formula is C25H24N2O5S. The first-order chi connectivity index (χ1) is 15.9. The molecule has 0 heterocycles. The normalized spacial score (nSPS) is 11.3. The number of hydrogen-bond donors (Lipinski definition) is 3. The molecule has 0 fully saturated rings. The third-order valence-electron chi connectivity index (χ3n) is 4.55. The summed E-state index contributed by atoms with van der Waals surface area (Å²) in [5.74, 6) is -0.956. The number of carbonyl (C=O) groups is 3. The molecule has 3 aromatic rings. The van der Waals surface area contributed by atoms with E-state index in [1.807, 2.05) is 31.2 Å². The fourth-order valence-corrected chi connectivity index (χ4v) is 3.96. The van der Waals surface area contributed by atoms with Gasteiger partial charge in [0.05, 0.1) is 10.8 Å². The topological polar surface area (TPSA) is 105 Å². The first-order valence-electron chi connectivity index (χ1n) is 10.3. The van der Waals surface area contributed by atoms with Crippen molar-refractivity contribution in [2.45, 2.75) is 23.5 Å². The molecule has 0 aliphatic heterocycles. The standard InChI is InChI=1S/C25H24N2O5S/c1-2-22(24(29)27-18-9-6-8-17(14-18)25(30)31)33-21-13-7-10-19(15-21)26-23(28)16-32-20-11-4-3-5-12-20/h3-15,22H,2,16H2,1H3,(H,26,28)(H,27,29)(H,30,31). The molecular weight excluding hydrogens is 440 g/mol. The van der Waals surface area contributed by atoms with Crippen molar-refractivity contribution in [2.75, 3.05) is 17.2 Å². The predicted octanol–water partition coefficient (Wildman–Crippen LogP) is 4.91. The smallest absolute Gasteiger partial charge is 0.335 e. The average Bonchev–Trinajstić information content (AvgIpc) is 2.82. The lowest BCUT2D eigenvalue weighted by atomic mass is 10.2. The number of hydrogen-bond acceptors (Lipinski definition) is 5. The zero-order valence-electron chi connectivity index (χ0n) is 18.0. The van der Waals surface area contributed by atoms with Crippen molar-refractivity contribution in [1.29, 1.82) is 0 Å². The second kappa shape index (κ2) is 11.7. The Hall–Kier alpha value is -3.78. The predicted molar refractivity (Wildman–Crippen MR) is 129 cm³/mol. The van der Waals surface area contributed by atoms with Crippen molar-refractivity contribution in [3.8, 4) is 5.75 Å². The molecule has 0 saturated heterocycles. The highest BCUT2D eigenvalue weighted by Gasteiger charge is 2.19. The SMILES string of the molecule is CCC(Sc1cccc(NC(=O)COc2ccccc2)c1)C(=O)Nc1cccc(C(=O)O)c1. The average molecular weight is 465 g/mol. The maximum Gasteiger partial charge on any atom is 0.335 e. The van der Waals surface area contributed by atoms with Crippen LogP contribution < -0.4 is 15.4 Å². The zero-order valence-corrected chi connectivity index (χ0v) is 18.8. The van der Waals surface area contributed by atoms with Gasteiger partial charge in [-0.1, -0.05) is 37.3 Å². The van der Waals surface area contributed by atoms with Crippen LogP contribution in [-0.2, 0) is 9.59 Å². The Morgan fingerprint density at radius 2 is 1.61 bits per heavy atom. The minimum atomic E-state index is -1.06. The fraction of sp³-hybridized carbons (Fsp3) is 0.160. The van der Waals surface area contributed by atoms with Crippen LogP contribution in [0.3, 0.4) is 0 Å². The molecule has 0 radical (unpaired) electrons. The van der Waals surface area contributed by atoms with Gasteiger partial charge in [-0.05, 0) is 55.0 Å². The van der Waals surface area contributed by atoms with E-state index in [0.29, 0.717) is 23.5 Å². The number of anilines is 2. The number of benzene rings is 3. The molecule has 7 nitrogen and oxygen atoms in total. The van der Waals surface area contributed by atoms with E-state index in [1.165, 1.54) is 23.9 Å². The summed E-state index contributed by atoms with van der Waals surface area (Å²) in [6.45, 7) is 1.79. The summed E-state index contributed by atoms with van der Waals surface area (Å²) in [5.41, 5.74) is 1.14. The quantitative estimate of drug-likeness (QED) is 0.368. The van der Waals surface area contributed by atoms with Crippen LogP contribution in [0.4, 0.5) is 11.4 Å². The van der Waals surface area contributed by atoms with Gasteiger partial charge in [-0.2, -0.15) is 0 Å². The summed E-state index contributed by atoms with van der Waals surface area (Å²) in [4.78, 5) is 36.9. The Morgan fingerprint density at radius 1 is 0.909 bits per heavy atom. The van der Waals surface area contributed by atoms with Crippen molar-refractivity contribution in [3.63, 3.8) is 0 Å². The van der Waals surface area contributed by atoms with Crippen LogP contribution in [0.1, 0.15) is 23.7 Å². The van der Waals surface area contributed by atoms with E-state index in [0.717, 1.165) is 4.90 Å². The number of para-hydroxylation sites is 1. The van der Waals surface area contributed by atoms with E-state index in [9.17, 15) is 14.4 Å². The molecule has 0 aromatic heterocycles. The van der Waals surface area contributed by atoms with E-state index < -0.39 is 11.2 Å². The minimum absolute atomic E-state index is 0.105. The number of carbonyl (C=O) groups excluding carboxylic acids is 2. The number of ether oxygens (including phenoxy) is 1. The van der Waals surface area contributed by atoms with E-state index in [-0.39, 0.29) is 24.0 Å². The molecule has 0 saturated carbocycles. The van der Waals surface area contributed by atoms with Crippen LogP contribution in [0.25, 0.3) is 0 Å². The van der Waals surface area contributed by atoms with Gasteiger partial charge in [0.2, 0.25) is 5.91 Å². The summed E-state index contributed by atoms with van der Waals surface area (Å²) >= 11 is 1.37. The lowest BCUT2D eigenvalue weighted by Crippen LogP contribution is -2.24. The number of carboxylic acids is 1. The summed E-state index contributed by atoms with van der Waals surface area (Å²) < 4.78 is 5.46. The van der Waals surface area contributed by atoms with Crippen molar-refractivity contribution in [1.82, 2.24) is 0 Å². The van der Waals surface area contributed by atoms with Gasteiger partial charge in [-0.25, -0.2) is 4.79 Å². The van der Waals surface area contributed by atoms with Gasteiger partial charge in [0.1, 0.15) is 5.75 Å². The van der Waals surface area contributed by atoms with Gasteiger partial charge in [0, 0.05) is 16.3 Å². The van der Waals surface area contributed by atoms with Crippen molar-refractivity contribution < 1.29 is 24.2 Å². The lowest BCUT2D eigenvalue weighted by Gasteiger charge is -2.16. The highest BCUT2D eigenvalue weighted by Crippen LogP contribution is 2.28. The highest BCUT2D eigenvalue weighted by molar-refractivity contribution is 8.00. The summed E-state index contributed by atoms with van der Waals surface area (Å²) in [5, 5.41) is 14.3. The largest absolute Gasteiger partial charge is 0.484 e. The van der Waals surface area contributed by atoms with Crippen molar-refractivity contribution in [3.05, 3.63) is 84.4 Å². The maximum atomic E-state index is 12.7. The first kappa shape index (κ1) is 23.9. The Balaban J connectivity index is 1.58. The Kier molecular flexibility index (Phi) is 8.49. The number of carboxylic acid groups (broad SMARTS) is 1. The number of thioether (sulfide) groups is 1. The second-order valence-corrected chi connectivity index (χ2v) is 8.34. The maximum absolute atomic E-state index is 12.7. The Morgan fingerprint density at radius 3 is 2.30 bits per heavy atom. The summed E-state index contributed by atoms with van der Waals surface area (Å²) in [7, 11) is 0. The van der Waals surface area contributed by atoms with Gasteiger partial charge in [-0.3, -0.25) is 9.59 Å². The molecule has 3 rings (SSSR count). The molecule has 3 aromatic carbocycles. The Labute approximate surface area is 196 Å². The molecule has 170 valence electrons. The van der Waals surface area contributed by atoms with E-state index >= 15 is 0 Å². The molecule has 1 unspecified atom stereocenters. The second-order valence-electron chi connectivity index (χ2n) is 7.07. The molecule has 0 bridgehead atoms. The molecule has 2 amide bonds. The van der Waals surface area contributed by atoms with Crippen LogP contribution in [0, 0.1) is 0 Å². The number of nitrogens with one attached hydrogen (secondary N) is 2. The molecule has 1 atom stereocenters. The summed E-state index contributed by atoms with van der Waals surface area (Å²) in [6.07, 6.45) is 0.566. The molecule has 0 aliphatic carbocycles. The zero-order chi connectivity index (χ0) is 23.6. The van der Waals surface area contributed by atoms with Crippen molar-refractivity contribution in [2.24, 2.45) is 0 Å². The van der Waals surface area contributed by atoms with Crippen LogP contribution in [0.2, 0.25) is 0 Å². The van der Waals surface area contributed by atoms with Crippen LogP contribution in [0.15, 0.2) is 83.8 Å². The molecule has 3 N–H and O–H groups in total. The van der Waals surface area contributed by atoms with Gasteiger partial charge in [0.25, 0.3) is 5.91 Å². The number of aromatic carboxylic acids is 1. The third-order valence-corrected chi connectivity index (χ3v) is 5.91. The minimum Gasteiger partial charge on any atom is -0.484 e.